The van der Waals surface area contributed by atoms with Crippen LogP contribution in [0.4, 0.5) is 0 Å². The normalized spacial score (nSPS) is 15.6. The molecule has 0 spiro atoms. The van der Waals surface area contributed by atoms with Gasteiger partial charge in [-0.25, -0.2) is 14.8 Å². The van der Waals surface area contributed by atoms with Crippen LogP contribution in [0.3, 0.4) is 0 Å². The van der Waals surface area contributed by atoms with Crippen LogP contribution in [0.5, 0.6) is 0 Å². The molecule has 1 N–H and O–H groups in total. The van der Waals surface area contributed by atoms with Crippen molar-refractivity contribution in [1.82, 2.24) is 9.97 Å². The molecule has 3 rings (SSSR count). The van der Waals surface area contributed by atoms with Gasteiger partial charge in [0.1, 0.15) is 4.88 Å². The molecule has 0 radical (unpaired) electrons. The molecule has 0 bridgehead atoms. The summed E-state index contributed by atoms with van der Waals surface area (Å²) in [5.41, 5.74) is 1.55. The minimum Gasteiger partial charge on any atom is -0.477 e. The number of carboxylic acid groups (broad SMARTS) is 1. The van der Waals surface area contributed by atoms with E-state index in [1.807, 2.05) is 0 Å². The molecular formula is C10H7ClN2O2S. The third kappa shape index (κ3) is 1.56. The van der Waals surface area contributed by atoms with Gasteiger partial charge in [-0.3, -0.25) is 0 Å². The van der Waals surface area contributed by atoms with Gasteiger partial charge in [-0.15, -0.1) is 11.3 Å². The van der Waals surface area contributed by atoms with Gasteiger partial charge in [0, 0.05) is 5.92 Å². The highest BCUT2D eigenvalue weighted by molar-refractivity contribution is 7.20. The Labute approximate surface area is 99.9 Å². The Morgan fingerprint density at radius 3 is 2.88 bits per heavy atom. The van der Waals surface area contributed by atoms with Crippen LogP contribution in [0.25, 0.3) is 10.2 Å². The summed E-state index contributed by atoms with van der Waals surface area (Å²) in [6, 6.07) is 1.56. The highest BCUT2D eigenvalue weighted by atomic mass is 35.5. The topological polar surface area (TPSA) is 63.1 Å². The van der Waals surface area contributed by atoms with Crippen LogP contribution < -0.4 is 0 Å². The second kappa shape index (κ2) is 3.40. The van der Waals surface area contributed by atoms with Crippen LogP contribution in [0.15, 0.2) is 6.07 Å². The van der Waals surface area contributed by atoms with E-state index in [2.05, 4.69) is 9.97 Å². The second-order valence-corrected chi connectivity index (χ2v) is 5.17. The van der Waals surface area contributed by atoms with Gasteiger partial charge in [0.2, 0.25) is 5.28 Å². The fourth-order valence-electron chi connectivity index (χ4n) is 1.66. The number of aromatic carboxylic acids is 1. The zero-order valence-corrected chi connectivity index (χ0v) is 9.68. The van der Waals surface area contributed by atoms with Gasteiger partial charge in [0.05, 0.1) is 15.9 Å². The van der Waals surface area contributed by atoms with E-state index < -0.39 is 5.97 Å². The zero-order chi connectivity index (χ0) is 11.3. The first-order valence-electron chi connectivity index (χ1n) is 4.85. The number of thiophene rings is 1. The van der Waals surface area contributed by atoms with E-state index in [4.69, 9.17) is 16.7 Å². The quantitative estimate of drug-likeness (QED) is 0.837. The van der Waals surface area contributed by atoms with Crippen LogP contribution in [-0.4, -0.2) is 21.0 Å². The Morgan fingerprint density at radius 1 is 1.50 bits per heavy atom. The molecule has 0 aliphatic heterocycles. The molecule has 1 aliphatic rings. The molecule has 0 atom stereocenters. The molecule has 2 heterocycles. The number of halogens is 1. The Balaban J connectivity index is 2.27. The highest BCUT2D eigenvalue weighted by Crippen LogP contribution is 2.44. The lowest BCUT2D eigenvalue weighted by Crippen LogP contribution is -1.90. The minimum atomic E-state index is -0.930. The summed E-state index contributed by atoms with van der Waals surface area (Å²) < 4.78 is 0.865. The van der Waals surface area contributed by atoms with Crippen molar-refractivity contribution in [2.24, 2.45) is 0 Å². The number of nitrogens with zero attached hydrogens (tertiary/aromatic N) is 2. The predicted octanol–water partition coefficient (Wildman–Crippen LogP) is 2.92. The number of fused-ring (bicyclic) bond motifs is 1. The van der Waals surface area contributed by atoms with Crippen molar-refractivity contribution in [3.8, 4) is 0 Å². The largest absolute Gasteiger partial charge is 0.477 e. The highest BCUT2D eigenvalue weighted by Gasteiger charge is 2.29. The van der Waals surface area contributed by atoms with Crippen molar-refractivity contribution < 1.29 is 9.90 Å². The van der Waals surface area contributed by atoms with E-state index in [0.29, 0.717) is 11.4 Å². The van der Waals surface area contributed by atoms with Crippen molar-refractivity contribution in [3.05, 3.63) is 21.9 Å². The van der Waals surface area contributed by atoms with Crippen molar-refractivity contribution in [1.29, 1.82) is 0 Å². The fourth-order valence-corrected chi connectivity index (χ4v) is 2.85. The Hall–Kier alpha value is -1.20. The summed E-state index contributed by atoms with van der Waals surface area (Å²) >= 11 is 7.05. The number of hydrogen-bond donors (Lipinski definition) is 1. The third-order valence-electron chi connectivity index (χ3n) is 2.55. The van der Waals surface area contributed by atoms with Crippen LogP contribution in [0.2, 0.25) is 5.28 Å². The molecule has 1 saturated carbocycles. The molecule has 1 fully saturated rings. The first kappa shape index (κ1) is 9.99. The van der Waals surface area contributed by atoms with E-state index >= 15 is 0 Å². The maximum atomic E-state index is 10.9. The molecule has 0 saturated heterocycles. The summed E-state index contributed by atoms with van der Waals surface area (Å²) in [5.74, 6) is -0.496. The summed E-state index contributed by atoms with van der Waals surface area (Å²) in [4.78, 5) is 19.4. The van der Waals surface area contributed by atoms with Crippen LogP contribution in [-0.2, 0) is 0 Å². The molecule has 0 aromatic carbocycles. The summed E-state index contributed by atoms with van der Waals surface area (Å²) in [5, 5.41) is 9.13. The standard InChI is InChI=1S/C10H7ClN2O2S/c11-10-12-5-3-6(9(14)15)16-8(5)7(13-10)4-1-2-4/h3-4H,1-2H2,(H,14,15). The lowest BCUT2D eigenvalue weighted by molar-refractivity contribution is 0.0702. The van der Waals surface area contributed by atoms with Crippen LogP contribution in [0.1, 0.15) is 34.1 Å². The van der Waals surface area contributed by atoms with Gasteiger partial charge in [-0.2, -0.15) is 0 Å². The number of carbonyl (C=O) groups is 1. The van der Waals surface area contributed by atoms with Crippen LogP contribution >= 0.6 is 22.9 Å². The van der Waals surface area contributed by atoms with E-state index in [-0.39, 0.29) is 10.2 Å². The third-order valence-corrected chi connectivity index (χ3v) is 3.85. The first-order chi connectivity index (χ1) is 7.65. The summed E-state index contributed by atoms with van der Waals surface area (Å²) in [7, 11) is 0. The molecule has 4 nitrogen and oxygen atoms in total. The van der Waals surface area contributed by atoms with Gasteiger partial charge >= 0.3 is 5.97 Å². The van der Waals surface area contributed by atoms with E-state index in [1.54, 1.807) is 6.07 Å². The van der Waals surface area contributed by atoms with E-state index in [9.17, 15) is 4.79 Å². The average Bonchev–Trinajstić information content (AvgIpc) is 2.96. The minimum absolute atomic E-state index is 0.198. The van der Waals surface area contributed by atoms with Crippen LogP contribution in [0, 0.1) is 0 Å². The molecule has 1 aliphatic carbocycles. The number of aromatic nitrogens is 2. The summed E-state index contributed by atoms with van der Waals surface area (Å²) in [6.07, 6.45) is 2.20. The monoisotopic (exact) mass is 254 g/mol. The van der Waals surface area contributed by atoms with Gasteiger partial charge in [-0.1, -0.05) is 0 Å². The SMILES string of the molecule is O=C(O)c1cc2nc(Cl)nc(C3CC3)c2s1. The number of carboxylic acids is 1. The van der Waals surface area contributed by atoms with Gasteiger partial charge in [-0.05, 0) is 30.5 Å². The smallest absolute Gasteiger partial charge is 0.345 e. The zero-order valence-electron chi connectivity index (χ0n) is 8.11. The molecule has 2 aromatic heterocycles. The lowest BCUT2D eigenvalue weighted by Gasteiger charge is -1.98. The predicted molar refractivity (Wildman–Crippen MR) is 61.4 cm³/mol. The molecule has 16 heavy (non-hydrogen) atoms. The summed E-state index contributed by atoms with van der Waals surface area (Å²) in [6.45, 7) is 0. The fraction of sp³-hybridized carbons (Fsp3) is 0.300. The second-order valence-electron chi connectivity index (χ2n) is 3.78. The van der Waals surface area contributed by atoms with Gasteiger partial charge < -0.3 is 5.11 Å². The lowest BCUT2D eigenvalue weighted by atomic mass is 10.2. The van der Waals surface area contributed by atoms with E-state index in [1.165, 1.54) is 11.3 Å². The molecule has 0 unspecified atom stereocenters. The molecule has 0 amide bonds. The molecule has 6 heteroatoms. The Morgan fingerprint density at radius 2 is 2.25 bits per heavy atom. The van der Waals surface area contributed by atoms with Gasteiger partial charge in [0.25, 0.3) is 0 Å². The van der Waals surface area contributed by atoms with E-state index in [0.717, 1.165) is 23.2 Å². The van der Waals surface area contributed by atoms with Crippen molar-refractivity contribution in [3.63, 3.8) is 0 Å². The maximum absolute atomic E-state index is 10.9. The van der Waals surface area contributed by atoms with Crippen molar-refractivity contribution >= 4 is 39.1 Å². The first-order valence-corrected chi connectivity index (χ1v) is 6.05. The molecular weight excluding hydrogens is 248 g/mol. The maximum Gasteiger partial charge on any atom is 0.345 e. The average molecular weight is 255 g/mol. The number of rotatable bonds is 2. The van der Waals surface area contributed by atoms with Gasteiger partial charge in [0.15, 0.2) is 0 Å². The Kier molecular flexibility index (Phi) is 2.12. The van der Waals surface area contributed by atoms with Crippen molar-refractivity contribution in [2.75, 3.05) is 0 Å². The molecule has 2 aromatic rings. The number of hydrogen-bond acceptors (Lipinski definition) is 4. The van der Waals surface area contributed by atoms with Crippen molar-refractivity contribution in [2.45, 2.75) is 18.8 Å². The Bertz CT molecular complexity index is 592. The molecule has 82 valence electrons.